The van der Waals surface area contributed by atoms with Gasteiger partial charge in [0.15, 0.2) is 5.12 Å². The number of carboxylic acids is 1. The first-order chi connectivity index (χ1) is 9.52. The van der Waals surface area contributed by atoms with Crippen molar-refractivity contribution in [1.82, 2.24) is 0 Å². The number of hydrogen-bond donors (Lipinski definition) is 1. The maximum absolute atomic E-state index is 11.3. The molecule has 1 aromatic carbocycles. The second-order valence-electron chi connectivity index (χ2n) is 4.88. The van der Waals surface area contributed by atoms with E-state index in [2.05, 4.69) is 19.1 Å². The molecule has 0 aromatic heterocycles. The lowest BCUT2D eigenvalue weighted by Crippen LogP contribution is -2.02. The van der Waals surface area contributed by atoms with Gasteiger partial charge in [-0.1, -0.05) is 49.4 Å². The predicted molar refractivity (Wildman–Crippen MR) is 82.9 cm³/mol. The summed E-state index contributed by atoms with van der Waals surface area (Å²) >= 11 is 1.22. The summed E-state index contributed by atoms with van der Waals surface area (Å²) < 4.78 is 0. The van der Waals surface area contributed by atoms with Crippen molar-refractivity contribution >= 4 is 22.8 Å². The molecule has 4 heteroatoms. The Kier molecular flexibility index (Phi) is 7.37. The minimum absolute atomic E-state index is 0.0236. The van der Waals surface area contributed by atoms with Crippen LogP contribution in [-0.4, -0.2) is 16.2 Å². The van der Waals surface area contributed by atoms with E-state index in [-0.39, 0.29) is 16.8 Å². The molecule has 0 saturated heterocycles. The van der Waals surface area contributed by atoms with E-state index >= 15 is 0 Å². The Hall–Kier alpha value is -1.29. The normalized spacial score (nSPS) is 12.1. The number of aryl methyl sites for hydroxylation is 1. The van der Waals surface area contributed by atoms with Crippen LogP contribution in [0.1, 0.15) is 55.9 Å². The summed E-state index contributed by atoms with van der Waals surface area (Å²) in [6, 6.07) is 8.21. The predicted octanol–water partition coefficient (Wildman–Crippen LogP) is 4.21. The van der Waals surface area contributed by atoms with Crippen molar-refractivity contribution in [3.05, 3.63) is 35.4 Å². The molecule has 0 spiro atoms. The third kappa shape index (κ3) is 6.24. The fourth-order valence-electron chi connectivity index (χ4n) is 2.03. The molecule has 1 N–H and O–H groups in total. The molecule has 1 unspecified atom stereocenters. The van der Waals surface area contributed by atoms with E-state index in [1.165, 1.54) is 37.1 Å². The van der Waals surface area contributed by atoms with Crippen LogP contribution in [0.2, 0.25) is 0 Å². The zero-order valence-electron chi connectivity index (χ0n) is 12.1. The first kappa shape index (κ1) is 16.8. The van der Waals surface area contributed by atoms with Gasteiger partial charge in [0, 0.05) is 18.6 Å². The topological polar surface area (TPSA) is 54.4 Å². The first-order valence-corrected chi connectivity index (χ1v) is 7.88. The zero-order valence-corrected chi connectivity index (χ0v) is 12.9. The van der Waals surface area contributed by atoms with Crippen LogP contribution in [0.15, 0.2) is 24.3 Å². The summed E-state index contributed by atoms with van der Waals surface area (Å²) in [6.45, 7) is 3.69. The number of aliphatic carboxylic acids is 1. The van der Waals surface area contributed by atoms with E-state index in [9.17, 15) is 9.59 Å². The number of carboxylic acid groups (broad SMARTS) is 1. The molecule has 1 atom stereocenters. The smallest absolute Gasteiger partial charge is 0.303 e. The van der Waals surface area contributed by atoms with Crippen LogP contribution >= 0.6 is 11.8 Å². The van der Waals surface area contributed by atoms with Crippen molar-refractivity contribution in [2.45, 2.75) is 51.2 Å². The Bertz CT molecular complexity index is 440. The second kappa shape index (κ2) is 8.80. The molecule has 0 amide bonds. The SMILES string of the molecule is CCCCc1ccc(C(CCC(=O)O)SC(C)=O)cc1. The molecule has 0 aliphatic heterocycles. The highest BCUT2D eigenvalue weighted by Gasteiger charge is 2.16. The quantitative estimate of drug-likeness (QED) is 0.780. The van der Waals surface area contributed by atoms with Gasteiger partial charge >= 0.3 is 5.97 Å². The lowest BCUT2D eigenvalue weighted by molar-refractivity contribution is -0.137. The van der Waals surface area contributed by atoms with E-state index in [0.29, 0.717) is 6.42 Å². The Morgan fingerprint density at radius 3 is 2.40 bits per heavy atom. The highest BCUT2D eigenvalue weighted by molar-refractivity contribution is 8.13. The molecule has 0 saturated carbocycles. The fraction of sp³-hybridized carbons (Fsp3) is 0.500. The van der Waals surface area contributed by atoms with Crippen molar-refractivity contribution in [3.8, 4) is 0 Å². The van der Waals surface area contributed by atoms with Gasteiger partial charge in [0.1, 0.15) is 0 Å². The average molecular weight is 294 g/mol. The van der Waals surface area contributed by atoms with E-state index < -0.39 is 5.97 Å². The molecule has 110 valence electrons. The minimum atomic E-state index is -0.821. The largest absolute Gasteiger partial charge is 0.481 e. The van der Waals surface area contributed by atoms with Crippen molar-refractivity contribution in [2.75, 3.05) is 0 Å². The third-order valence-electron chi connectivity index (χ3n) is 3.10. The summed E-state index contributed by atoms with van der Waals surface area (Å²) in [5.74, 6) is -0.821. The molecular weight excluding hydrogens is 272 g/mol. The van der Waals surface area contributed by atoms with Gasteiger partial charge in [0.05, 0.1) is 0 Å². The number of carbonyl (C=O) groups is 2. The molecule has 0 radical (unpaired) electrons. The number of benzene rings is 1. The van der Waals surface area contributed by atoms with Crippen LogP contribution in [0.4, 0.5) is 0 Å². The molecule has 0 bridgehead atoms. The van der Waals surface area contributed by atoms with Crippen LogP contribution in [0.25, 0.3) is 0 Å². The lowest BCUT2D eigenvalue weighted by atomic mass is 10.0. The van der Waals surface area contributed by atoms with Gasteiger partial charge < -0.3 is 5.11 Å². The third-order valence-corrected chi connectivity index (χ3v) is 4.22. The molecule has 1 aromatic rings. The highest BCUT2D eigenvalue weighted by Crippen LogP contribution is 2.33. The Morgan fingerprint density at radius 1 is 1.25 bits per heavy atom. The van der Waals surface area contributed by atoms with Crippen molar-refractivity contribution in [2.24, 2.45) is 0 Å². The van der Waals surface area contributed by atoms with Gasteiger partial charge in [-0.3, -0.25) is 9.59 Å². The van der Waals surface area contributed by atoms with Crippen LogP contribution in [0.3, 0.4) is 0 Å². The Balaban J connectivity index is 2.73. The maximum Gasteiger partial charge on any atom is 0.303 e. The Morgan fingerprint density at radius 2 is 1.90 bits per heavy atom. The number of unbranched alkanes of at least 4 members (excludes halogenated alkanes) is 1. The second-order valence-corrected chi connectivity index (χ2v) is 6.26. The zero-order chi connectivity index (χ0) is 15.0. The summed E-state index contributed by atoms with van der Waals surface area (Å²) in [4.78, 5) is 22.0. The molecule has 0 aliphatic rings. The van der Waals surface area contributed by atoms with E-state index in [1.54, 1.807) is 0 Å². The van der Waals surface area contributed by atoms with Crippen LogP contribution in [-0.2, 0) is 16.0 Å². The monoisotopic (exact) mass is 294 g/mol. The highest BCUT2D eigenvalue weighted by atomic mass is 32.2. The maximum atomic E-state index is 11.3. The number of carbonyl (C=O) groups excluding carboxylic acids is 1. The van der Waals surface area contributed by atoms with E-state index in [0.717, 1.165) is 12.0 Å². The molecule has 3 nitrogen and oxygen atoms in total. The van der Waals surface area contributed by atoms with E-state index in [4.69, 9.17) is 5.11 Å². The summed E-state index contributed by atoms with van der Waals surface area (Å²) in [5, 5.41) is 8.75. The minimum Gasteiger partial charge on any atom is -0.481 e. The average Bonchev–Trinajstić information content (AvgIpc) is 2.41. The summed E-state index contributed by atoms with van der Waals surface area (Å²) in [6.07, 6.45) is 3.97. The van der Waals surface area contributed by atoms with Crippen LogP contribution in [0.5, 0.6) is 0 Å². The Labute approximate surface area is 124 Å². The number of rotatable bonds is 8. The van der Waals surface area contributed by atoms with Gasteiger partial charge in [-0.25, -0.2) is 0 Å². The van der Waals surface area contributed by atoms with Gasteiger partial charge in [-0.05, 0) is 30.4 Å². The molecule has 1 rings (SSSR count). The molecule has 0 fully saturated rings. The standard InChI is InChI=1S/C16H22O3S/c1-3-4-5-13-6-8-14(9-7-13)15(20-12(2)17)10-11-16(18)19/h6-9,15H,3-5,10-11H2,1-2H3,(H,18,19). The van der Waals surface area contributed by atoms with Crippen molar-refractivity contribution < 1.29 is 14.7 Å². The first-order valence-electron chi connectivity index (χ1n) is 7.00. The summed E-state index contributed by atoms with van der Waals surface area (Å²) in [5.41, 5.74) is 2.33. The molecule has 0 aliphatic carbocycles. The molecule has 20 heavy (non-hydrogen) atoms. The van der Waals surface area contributed by atoms with Crippen molar-refractivity contribution in [1.29, 1.82) is 0 Å². The van der Waals surface area contributed by atoms with Crippen molar-refractivity contribution in [3.63, 3.8) is 0 Å². The van der Waals surface area contributed by atoms with Gasteiger partial charge in [0.2, 0.25) is 0 Å². The molecular formula is C16H22O3S. The number of thioether (sulfide) groups is 1. The van der Waals surface area contributed by atoms with Crippen LogP contribution < -0.4 is 0 Å². The van der Waals surface area contributed by atoms with E-state index in [1.807, 2.05) is 12.1 Å². The fourth-order valence-corrected chi connectivity index (χ4v) is 2.96. The number of hydrogen-bond acceptors (Lipinski definition) is 3. The summed E-state index contributed by atoms with van der Waals surface area (Å²) in [7, 11) is 0. The van der Waals surface area contributed by atoms with Gasteiger partial charge in [-0.2, -0.15) is 0 Å². The molecule has 0 heterocycles. The van der Waals surface area contributed by atoms with Gasteiger partial charge in [0.25, 0.3) is 0 Å². The van der Waals surface area contributed by atoms with Gasteiger partial charge in [-0.15, -0.1) is 0 Å². The van der Waals surface area contributed by atoms with Crippen LogP contribution in [0, 0.1) is 0 Å². The lowest BCUT2D eigenvalue weighted by Gasteiger charge is -2.15.